The van der Waals surface area contributed by atoms with Gasteiger partial charge in [0.25, 0.3) is 5.91 Å². The van der Waals surface area contributed by atoms with Gasteiger partial charge in [0.2, 0.25) is 0 Å². The minimum absolute atomic E-state index is 0.0263. The molecule has 0 aromatic heterocycles. The maximum atomic E-state index is 12.4. The average molecular weight is 335 g/mol. The summed E-state index contributed by atoms with van der Waals surface area (Å²) in [5, 5.41) is 0.553. The van der Waals surface area contributed by atoms with Crippen LogP contribution in [-0.2, 0) is 4.74 Å². The van der Waals surface area contributed by atoms with Crippen LogP contribution in [0, 0.1) is 0 Å². The topological polar surface area (TPSA) is 29.5 Å². The molecule has 0 spiro atoms. The highest BCUT2D eigenvalue weighted by Gasteiger charge is 2.21. The van der Waals surface area contributed by atoms with Crippen LogP contribution in [0.2, 0.25) is 5.02 Å². The van der Waals surface area contributed by atoms with E-state index in [1.807, 2.05) is 13.8 Å². The second kappa shape index (κ2) is 7.12. The van der Waals surface area contributed by atoms with E-state index in [-0.39, 0.29) is 11.9 Å². The lowest BCUT2D eigenvalue weighted by Gasteiger charge is -2.28. The van der Waals surface area contributed by atoms with Crippen LogP contribution in [0.5, 0.6) is 0 Å². The number of amides is 1. The number of likely N-dealkylation sites (N-methyl/N-ethyl adjacent to an activating group) is 1. The fraction of sp³-hybridized carbons (Fsp3) is 0.462. The summed E-state index contributed by atoms with van der Waals surface area (Å²) in [6.45, 7) is 5.05. The van der Waals surface area contributed by atoms with Gasteiger partial charge in [-0.1, -0.05) is 11.6 Å². The van der Waals surface area contributed by atoms with Crippen molar-refractivity contribution in [3.63, 3.8) is 0 Å². The summed E-state index contributed by atoms with van der Waals surface area (Å²) in [6, 6.07) is 5.23. The Kier molecular flexibility index (Phi) is 6.12. The summed E-state index contributed by atoms with van der Waals surface area (Å²) in [4.78, 5) is 14.2. The van der Waals surface area contributed by atoms with Gasteiger partial charge in [0, 0.05) is 23.1 Å². The number of hydrogen-bond acceptors (Lipinski definition) is 2. The third-order valence-electron chi connectivity index (χ3n) is 2.70. The van der Waals surface area contributed by atoms with Gasteiger partial charge in [0.05, 0.1) is 18.2 Å². The summed E-state index contributed by atoms with van der Waals surface area (Å²) in [5.74, 6) is -0.0450. The molecule has 0 bridgehead atoms. The van der Waals surface area contributed by atoms with E-state index < -0.39 is 0 Å². The molecule has 100 valence electrons. The van der Waals surface area contributed by atoms with Crippen LogP contribution in [-0.4, -0.2) is 37.1 Å². The average Bonchev–Trinajstić information content (AvgIpc) is 2.33. The smallest absolute Gasteiger partial charge is 0.255 e. The first-order chi connectivity index (χ1) is 8.51. The lowest BCUT2D eigenvalue weighted by atomic mass is 10.1. The van der Waals surface area contributed by atoms with E-state index in [4.69, 9.17) is 16.3 Å². The van der Waals surface area contributed by atoms with Crippen LogP contribution in [0.4, 0.5) is 0 Å². The number of rotatable bonds is 5. The number of carbonyl (C=O) groups is 1. The number of carbonyl (C=O) groups excluding carboxylic acids is 1. The van der Waals surface area contributed by atoms with Crippen molar-refractivity contribution in [2.24, 2.45) is 0 Å². The Labute approximate surface area is 121 Å². The monoisotopic (exact) mass is 333 g/mol. The minimum atomic E-state index is -0.0450. The molecule has 0 aliphatic rings. The zero-order valence-electron chi connectivity index (χ0n) is 10.7. The van der Waals surface area contributed by atoms with Crippen molar-refractivity contribution in [2.45, 2.75) is 19.9 Å². The van der Waals surface area contributed by atoms with Gasteiger partial charge in [-0.3, -0.25) is 4.79 Å². The molecule has 0 fully saturated rings. The summed E-state index contributed by atoms with van der Waals surface area (Å²) in [6.07, 6.45) is 0. The lowest BCUT2D eigenvalue weighted by Crippen LogP contribution is -2.41. The zero-order chi connectivity index (χ0) is 13.7. The molecule has 18 heavy (non-hydrogen) atoms. The van der Waals surface area contributed by atoms with E-state index in [0.717, 1.165) is 4.47 Å². The highest BCUT2D eigenvalue weighted by molar-refractivity contribution is 9.10. The van der Waals surface area contributed by atoms with Gasteiger partial charge in [-0.25, -0.2) is 0 Å². The molecule has 0 radical (unpaired) electrons. The van der Waals surface area contributed by atoms with Gasteiger partial charge in [-0.05, 0) is 48.0 Å². The van der Waals surface area contributed by atoms with Crippen molar-refractivity contribution in [1.82, 2.24) is 4.90 Å². The Morgan fingerprint density at radius 2 is 2.22 bits per heavy atom. The number of hydrogen-bond donors (Lipinski definition) is 0. The number of halogens is 2. The number of nitrogens with zero attached hydrogens (tertiary/aromatic N) is 1. The fourth-order valence-corrected chi connectivity index (χ4v) is 2.39. The third kappa shape index (κ3) is 3.70. The van der Waals surface area contributed by atoms with E-state index in [1.165, 1.54) is 0 Å². The van der Waals surface area contributed by atoms with Gasteiger partial charge in [0.15, 0.2) is 0 Å². The number of ether oxygens (including phenoxy) is 1. The zero-order valence-corrected chi connectivity index (χ0v) is 13.1. The summed E-state index contributed by atoms with van der Waals surface area (Å²) in [7, 11) is 1.63. The van der Waals surface area contributed by atoms with E-state index >= 15 is 0 Å². The van der Waals surface area contributed by atoms with Crippen molar-refractivity contribution >= 4 is 33.4 Å². The van der Waals surface area contributed by atoms with Crippen LogP contribution < -0.4 is 0 Å². The molecule has 0 N–H and O–H groups in total. The molecule has 0 aliphatic carbocycles. The predicted molar refractivity (Wildman–Crippen MR) is 77.2 cm³/mol. The second-order valence-electron chi connectivity index (χ2n) is 4.02. The Hall–Kier alpha value is -0.580. The molecule has 1 atom stereocenters. The van der Waals surface area contributed by atoms with Crippen LogP contribution in [0.15, 0.2) is 22.7 Å². The van der Waals surface area contributed by atoms with Gasteiger partial charge in [0.1, 0.15) is 0 Å². The van der Waals surface area contributed by atoms with Gasteiger partial charge < -0.3 is 9.64 Å². The van der Waals surface area contributed by atoms with Crippen molar-refractivity contribution in [2.75, 3.05) is 20.3 Å². The number of benzene rings is 1. The summed E-state index contributed by atoms with van der Waals surface area (Å²) >= 11 is 9.31. The Bertz CT molecular complexity index is 425. The molecule has 1 unspecified atom stereocenters. The Morgan fingerprint density at radius 3 is 2.78 bits per heavy atom. The van der Waals surface area contributed by atoms with E-state index in [2.05, 4.69) is 15.9 Å². The first-order valence-corrected chi connectivity index (χ1v) is 6.93. The molecular weight excluding hydrogens is 318 g/mol. The van der Waals surface area contributed by atoms with Gasteiger partial charge in [-0.2, -0.15) is 0 Å². The van der Waals surface area contributed by atoms with Crippen molar-refractivity contribution in [3.05, 3.63) is 33.3 Å². The molecule has 3 nitrogen and oxygen atoms in total. The quantitative estimate of drug-likeness (QED) is 0.823. The normalized spacial score (nSPS) is 12.3. The van der Waals surface area contributed by atoms with E-state index in [1.54, 1.807) is 30.2 Å². The van der Waals surface area contributed by atoms with Crippen LogP contribution in [0.3, 0.4) is 0 Å². The largest absolute Gasteiger partial charge is 0.383 e. The fourth-order valence-electron chi connectivity index (χ4n) is 1.80. The Morgan fingerprint density at radius 1 is 1.56 bits per heavy atom. The maximum Gasteiger partial charge on any atom is 0.255 e. The number of methoxy groups -OCH3 is 1. The molecular formula is C13H17BrClNO2. The molecule has 1 amide bonds. The van der Waals surface area contributed by atoms with Crippen molar-refractivity contribution < 1.29 is 9.53 Å². The third-order valence-corrected chi connectivity index (χ3v) is 3.63. The molecule has 0 aliphatic heterocycles. The molecule has 0 heterocycles. The van der Waals surface area contributed by atoms with Crippen molar-refractivity contribution in [1.29, 1.82) is 0 Å². The highest BCUT2D eigenvalue weighted by atomic mass is 79.9. The molecule has 1 aromatic rings. The molecule has 0 saturated heterocycles. The van der Waals surface area contributed by atoms with E-state index in [0.29, 0.717) is 23.7 Å². The maximum absolute atomic E-state index is 12.4. The summed E-state index contributed by atoms with van der Waals surface area (Å²) in [5.41, 5.74) is 0.576. The van der Waals surface area contributed by atoms with E-state index in [9.17, 15) is 4.79 Å². The first-order valence-electron chi connectivity index (χ1n) is 5.76. The molecule has 1 aromatic carbocycles. The van der Waals surface area contributed by atoms with Crippen LogP contribution >= 0.6 is 27.5 Å². The second-order valence-corrected chi connectivity index (χ2v) is 5.31. The predicted octanol–water partition coefficient (Wildman–Crippen LogP) is 3.60. The molecule has 1 rings (SSSR count). The van der Waals surface area contributed by atoms with Crippen LogP contribution in [0.25, 0.3) is 0 Å². The summed E-state index contributed by atoms with van der Waals surface area (Å²) < 4.78 is 5.84. The SMILES string of the molecule is CCN(C(=O)c1cc(Cl)ccc1Br)C(C)COC. The van der Waals surface area contributed by atoms with Gasteiger partial charge >= 0.3 is 0 Å². The first kappa shape index (κ1) is 15.5. The lowest BCUT2D eigenvalue weighted by molar-refractivity contribution is 0.0578. The van der Waals surface area contributed by atoms with Crippen molar-refractivity contribution in [3.8, 4) is 0 Å². The van der Waals surface area contributed by atoms with Crippen LogP contribution in [0.1, 0.15) is 24.2 Å². The molecule has 0 saturated carbocycles. The standard InChI is InChI=1S/C13H17BrClNO2/c1-4-16(9(2)8-18-3)13(17)11-7-10(15)5-6-12(11)14/h5-7,9H,4,8H2,1-3H3. The molecule has 5 heteroatoms. The highest BCUT2D eigenvalue weighted by Crippen LogP contribution is 2.23. The minimum Gasteiger partial charge on any atom is -0.383 e. The van der Waals surface area contributed by atoms with Gasteiger partial charge in [-0.15, -0.1) is 0 Å². The Balaban J connectivity index is 2.99.